The molecule has 0 bridgehead atoms. The fourth-order valence-electron chi connectivity index (χ4n) is 2.00. The van der Waals surface area contributed by atoms with Gasteiger partial charge in [0, 0.05) is 13.2 Å². The Labute approximate surface area is 127 Å². The molecule has 1 aromatic rings. The van der Waals surface area contributed by atoms with Crippen molar-refractivity contribution in [1.82, 2.24) is 0 Å². The first-order chi connectivity index (χ1) is 10.3. The lowest BCUT2D eigenvalue weighted by molar-refractivity contribution is -0.0239. The number of hydrogen-bond acceptors (Lipinski definition) is 4. The highest BCUT2D eigenvalue weighted by Gasteiger charge is 2.04. The summed E-state index contributed by atoms with van der Waals surface area (Å²) >= 11 is 0. The molecule has 1 rings (SSSR count). The van der Waals surface area contributed by atoms with Crippen molar-refractivity contribution < 1.29 is 19.7 Å². The van der Waals surface area contributed by atoms with Crippen molar-refractivity contribution >= 4 is 0 Å². The molecule has 2 N–H and O–H groups in total. The van der Waals surface area contributed by atoms with Gasteiger partial charge in [-0.2, -0.15) is 0 Å². The second-order valence-electron chi connectivity index (χ2n) is 5.22. The van der Waals surface area contributed by atoms with E-state index in [4.69, 9.17) is 14.6 Å². The predicted molar refractivity (Wildman–Crippen MR) is 83.1 cm³/mol. The SMILES string of the molecule is OCCCCCCCOC[C@H](O)COCc1ccccc1. The van der Waals surface area contributed by atoms with Crippen molar-refractivity contribution in [3.05, 3.63) is 35.9 Å². The standard InChI is InChI=1S/C17H28O4/c18-11-7-2-1-3-8-12-20-14-17(19)15-21-13-16-9-5-4-6-10-16/h4-6,9-10,17-19H,1-3,7-8,11-15H2/t17-/m0/s1. The van der Waals surface area contributed by atoms with E-state index in [-0.39, 0.29) is 6.61 Å². The summed E-state index contributed by atoms with van der Waals surface area (Å²) in [7, 11) is 0. The van der Waals surface area contributed by atoms with Crippen LogP contribution in [0.4, 0.5) is 0 Å². The molecule has 0 radical (unpaired) electrons. The molecule has 0 heterocycles. The highest BCUT2D eigenvalue weighted by molar-refractivity contribution is 5.13. The predicted octanol–water partition coefficient (Wildman–Crippen LogP) is 2.52. The Morgan fingerprint density at radius 1 is 0.857 bits per heavy atom. The molecule has 21 heavy (non-hydrogen) atoms. The lowest BCUT2D eigenvalue weighted by atomic mass is 10.1. The Morgan fingerprint density at radius 2 is 1.52 bits per heavy atom. The van der Waals surface area contributed by atoms with Gasteiger partial charge >= 0.3 is 0 Å². The molecule has 0 saturated carbocycles. The Hall–Kier alpha value is -0.940. The van der Waals surface area contributed by atoms with Crippen LogP contribution in [0.25, 0.3) is 0 Å². The zero-order chi connectivity index (χ0) is 15.2. The summed E-state index contributed by atoms with van der Waals surface area (Å²) in [4.78, 5) is 0. The summed E-state index contributed by atoms with van der Waals surface area (Å²) in [5, 5.41) is 18.4. The lowest BCUT2D eigenvalue weighted by Gasteiger charge is -2.12. The van der Waals surface area contributed by atoms with Gasteiger partial charge in [0.2, 0.25) is 0 Å². The maximum Gasteiger partial charge on any atom is 0.101 e. The van der Waals surface area contributed by atoms with Crippen LogP contribution in [0.3, 0.4) is 0 Å². The number of aliphatic hydroxyl groups is 2. The van der Waals surface area contributed by atoms with Crippen LogP contribution in [-0.2, 0) is 16.1 Å². The van der Waals surface area contributed by atoms with Crippen molar-refractivity contribution in [2.45, 2.75) is 44.8 Å². The van der Waals surface area contributed by atoms with Crippen molar-refractivity contribution in [1.29, 1.82) is 0 Å². The second kappa shape index (κ2) is 12.8. The Kier molecular flexibility index (Phi) is 11.0. The first kappa shape index (κ1) is 18.1. The van der Waals surface area contributed by atoms with E-state index < -0.39 is 6.10 Å². The van der Waals surface area contributed by atoms with Gasteiger partial charge in [-0.15, -0.1) is 0 Å². The first-order valence-electron chi connectivity index (χ1n) is 7.81. The molecule has 0 aliphatic rings. The van der Waals surface area contributed by atoms with Gasteiger partial charge in [0.15, 0.2) is 0 Å². The van der Waals surface area contributed by atoms with E-state index >= 15 is 0 Å². The summed E-state index contributed by atoms with van der Waals surface area (Å²) in [5.74, 6) is 0. The summed E-state index contributed by atoms with van der Waals surface area (Å²) < 4.78 is 10.9. The minimum absolute atomic E-state index is 0.283. The zero-order valence-corrected chi connectivity index (χ0v) is 12.7. The largest absolute Gasteiger partial charge is 0.396 e. The zero-order valence-electron chi connectivity index (χ0n) is 12.7. The van der Waals surface area contributed by atoms with Gasteiger partial charge in [-0.3, -0.25) is 0 Å². The molecular weight excluding hydrogens is 268 g/mol. The van der Waals surface area contributed by atoms with Crippen LogP contribution in [0.15, 0.2) is 30.3 Å². The van der Waals surface area contributed by atoms with Crippen molar-refractivity contribution in [3.8, 4) is 0 Å². The molecule has 0 aliphatic heterocycles. The number of hydrogen-bond donors (Lipinski definition) is 2. The third-order valence-corrected chi connectivity index (χ3v) is 3.18. The van der Waals surface area contributed by atoms with Crippen molar-refractivity contribution in [2.75, 3.05) is 26.4 Å². The first-order valence-corrected chi connectivity index (χ1v) is 7.81. The molecule has 0 aliphatic carbocycles. The number of unbranched alkanes of at least 4 members (excludes halogenated alkanes) is 4. The number of benzene rings is 1. The van der Waals surface area contributed by atoms with Crippen LogP contribution in [0.2, 0.25) is 0 Å². The summed E-state index contributed by atoms with van der Waals surface area (Å²) in [6.45, 7) is 2.10. The molecular formula is C17H28O4. The average Bonchev–Trinajstić information content (AvgIpc) is 2.51. The molecule has 1 atom stereocenters. The summed E-state index contributed by atoms with van der Waals surface area (Å²) in [5.41, 5.74) is 1.11. The number of rotatable bonds is 13. The summed E-state index contributed by atoms with van der Waals surface area (Å²) in [6.07, 6.45) is 4.64. The molecule has 0 fully saturated rings. The quantitative estimate of drug-likeness (QED) is 0.549. The Bertz CT molecular complexity index is 329. The highest BCUT2D eigenvalue weighted by Crippen LogP contribution is 2.03. The van der Waals surface area contributed by atoms with Crippen molar-refractivity contribution in [2.24, 2.45) is 0 Å². The minimum atomic E-state index is -0.567. The van der Waals surface area contributed by atoms with Crippen molar-refractivity contribution in [3.63, 3.8) is 0 Å². The van der Waals surface area contributed by atoms with E-state index in [1.165, 1.54) is 0 Å². The monoisotopic (exact) mass is 296 g/mol. The topological polar surface area (TPSA) is 58.9 Å². The molecule has 4 heteroatoms. The molecule has 0 spiro atoms. The van der Waals surface area contributed by atoms with Gasteiger partial charge in [-0.05, 0) is 18.4 Å². The molecule has 0 amide bonds. The van der Waals surface area contributed by atoms with E-state index in [1.807, 2.05) is 30.3 Å². The minimum Gasteiger partial charge on any atom is -0.396 e. The maximum atomic E-state index is 9.72. The second-order valence-corrected chi connectivity index (χ2v) is 5.22. The van der Waals surface area contributed by atoms with Gasteiger partial charge in [-0.25, -0.2) is 0 Å². The molecule has 4 nitrogen and oxygen atoms in total. The third kappa shape index (κ3) is 10.4. The maximum absolute atomic E-state index is 9.72. The normalized spacial score (nSPS) is 12.5. The van der Waals surface area contributed by atoms with E-state index in [0.29, 0.717) is 26.4 Å². The van der Waals surface area contributed by atoms with Crippen LogP contribution in [-0.4, -0.2) is 42.7 Å². The Morgan fingerprint density at radius 3 is 2.29 bits per heavy atom. The van der Waals surface area contributed by atoms with Crippen LogP contribution >= 0.6 is 0 Å². The van der Waals surface area contributed by atoms with Gasteiger partial charge in [0.05, 0.1) is 19.8 Å². The average molecular weight is 296 g/mol. The molecule has 0 saturated heterocycles. The lowest BCUT2D eigenvalue weighted by Crippen LogP contribution is -2.22. The molecule has 0 aromatic heterocycles. The fraction of sp³-hybridized carbons (Fsp3) is 0.647. The molecule has 120 valence electrons. The van der Waals surface area contributed by atoms with E-state index in [9.17, 15) is 5.11 Å². The fourth-order valence-corrected chi connectivity index (χ4v) is 2.00. The van der Waals surface area contributed by atoms with E-state index in [0.717, 1.165) is 37.7 Å². The number of aliphatic hydroxyl groups excluding tert-OH is 2. The van der Waals surface area contributed by atoms with E-state index in [1.54, 1.807) is 0 Å². The third-order valence-electron chi connectivity index (χ3n) is 3.18. The van der Waals surface area contributed by atoms with Crippen LogP contribution in [0, 0.1) is 0 Å². The summed E-state index contributed by atoms with van der Waals surface area (Å²) in [6, 6.07) is 9.91. The highest BCUT2D eigenvalue weighted by atomic mass is 16.5. The molecule has 1 aromatic carbocycles. The number of ether oxygens (including phenoxy) is 2. The van der Waals surface area contributed by atoms with E-state index in [2.05, 4.69) is 0 Å². The molecule has 0 unspecified atom stereocenters. The van der Waals surface area contributed by atoms with Crippen LogP contribution in [0.5, 0.6) is 0 Å². The van der Waals surface area contributed by atoms with Crippen LogP contribution < -0.4 is 0 Å². The van der Waals surface area contributed by atoms with Gasteiger partial charge < -0.3 is 19.7 Å². The van der Waals surface area contributed by atoms with Gasteiger partial charge in [-0.1, -0.05) is 49.6 Å². The Balaban J connectivity index is 1.88. The van der Waals surface area contributed by atoms with Gasteiger partial charge in [0.1, 0.15) is 6.10 Å². The smallest absolute Gasteiger partial charge is 0.101 e. The van der Waals surface area contributed by atoms with Crippen LogP contribution in [0.1, 0.15) is 37.7 Å². The van der Waals surface area contributed by atoms with Gasteiger partial charge in [0.25, 0.3) is 0 Å².